The fourth-order valence-electron chi connectivity index (χ4n) is 2.16. The fraction of sp³-hybridized carbons (Fsp3) is 0.467. The number of hydrogen-bond donors (Lipinski definition) is 2. The highest BCUT2D eigenvalue weighted by Gasteiger charge is 2.30. The average molecular weight is 422 g/mol. The van der Waals surface area contributed by atoms with Gasteiger partial charge in [0, 0.05) is 0 Å². The number of carbonyl (C=O) groups excluding carboxylic acids is 1. The van der Waals surface area contributed by atoms with Gasteiger partial charge in [0.25, 0.3) is 0 Å². The zero-order chi connectivity index (χ0) is 21.2. The van der Waals surface area contributed by atoms with E-state index in [-0.39, 0.29) is 15.0 Å². The molecule has 0 bridgehead atoms. The standard InChI is InChI=1S/C15H22N2O8S2/c1-15(2,3)25-14(20)16-12(13(18)19)10-7-6-8-11(9-10)17(26(4,21)22)27(5,23)24/h6-9,12H,1-5H3,(H,16,20)(H,18,19)/t12-/m1/s1. The Morgan fingerprint density at radius 3 is 2.04 bits per heavy atom. The fourth-order valence-corrected chi connectivity index (χ4v) is 5.12. The first-order valence-electron chi connectivity index (χ1n) is 7.55. The molecular weight excluding hydrogens is 400 g/mol. The van der Waals surface area contributed by atoms with Crippen molar-refractivity contribution in [3.63, 3.8) is 0 Å². The van der Waals surface area contributed by atoms with Gasteiger partial charge in [-0.15, -0.1) is 0 Å². The van der Waals surface area contributed by atoms with Gasteiger partial charge in [0.05, 0.1) is 18.2 Å². The Morgan fingerprint density at radius 2 is 1.63 bits per heavy atom. The lowest BCUT2D eigenvalue weighted by Crippen LogP contribution is -2.38. The molecule has 0 radical (unpaired) electrons. The van der Waals surface area contributed by atoms with Crippen molar-refractivity contribution in [3.05, 3.63) is 29.8 Å². The molecule has 1 rings (SSSR count). The summed E-state index contributed by atoms with van der Waals surface area (Å²) in [6.07, 6.45) is 0.409. The van der Waals surface area contributed by atoms with E-state index in [2.05, 4.69) is 5.32 Å². The van der Waals surface area contributed by atoms with E-state index in [1.807, 2.05) is 0 Å². The number of alkyl carbamates (subject to hydrolysis) is 1. The molecule has 1 aromatic rings. The molecule has 0 aliphatic heterocycles. The number of aliphatic carboxylic acids is 1. The summed E-state index contributed by atoms with van der Waals surface area (Å²) < 4.78 is 52.7. The van der Waals surface area contributed by atoms with E-state index in [4.69, 9.17) is 4.74 Å². The van der Waals surface area contributed by atoms with E-state index in [0.29, 0.717) is 12.5 Å². The minimum atomic E-state index is -4.20. The molecule has 0 spiro atoms. The van der Waals surface area contributed by atoms with Crippen LogP contribution in [0.4, 0.5) is 10.5 Å². The van der Waals surface area contributed by atoms with Gasteiger partial charge in [-0.05, 0) is 38.5 Å². The van der Waals surface area contributed by atoms with Crippen LogP contribution in [-0.4, -0.2) is 52.1 Å². The van der Waals surface area contributed by atoms with Crippen LogP contribution in [-0.2, 0) is 29.6 Å². The van der Waals surface area contributed by atoms with Gasteiger partial charge in [-0.25, -0.2) is 26.4 Å². The first-order chi connectivity index (χ1) is 12.0. The zero-order valence-corrected chi connectivity index (χ0v) is 17.1. The summed E-state index contributed by atoms with van der Waals surface area (Å²) in [5.41, 5.74) is -1.18. The molecule has 1 amide bonds. The first-order valence-corrected chi connectivity index (χ1v) is 11.2. The number of amides is 1. The monoisotopic (exact) mass is 422 g/mol. The van der Waals surface area contributed by atoms with Crippen LogP contribution in [0.3, 0.4) is 0 Å². The van der Waals surface area contributed by atoms with E-state index >= 15 is 0 Å². The number of carbonyl (C=O) groups is 2. The largest absolute Gasteiger partial charge is 0.479 e. The van der Waals surface area contributed by atoms with Crippen LogP contribution in [0.1, 0.15) is 32.4 Å². The van der Waals surface area contributed by atoms with E-state index in [1.165, 1.54) is 18.2 Å². The molecule has 0 fully saturated rings. The van der Waals surface area contributed by atoms with Crippen LogP contribution >= 0.6 is 0 Å². The Balaban J connectivity index is 3.35. The van der Waals surface area contributed by atoms with Gasteiger partial charge in [-0.1, -0.05) is 12.1 Å². The predicted molar refractivity (Wildman–Crippen MR) is 98.4 cm³/mol. The number of anilines is 1. The van der Waals surface area contributed by atoms with Crippen molar-refractivity contribution in [2.45, 2.75) is 32.4 Å². The summed E-state index contributed by atoms with van der Waals surface area (Å²) in [4.78, 5) is 23.4. The SMILES string of the molecule is CC(C)(C)OC(=O)N[C@@H](C(=O)O)c1cccc(N(S(C)(=O)=O)S(C)(=O)=O)c1. The molecule has 0 unspecified atom stereocenters. The average Bonchev–Trinajstić information content (AvgIpc) is 2.39. The van der Waals surface area contributed by atoms with Crippen LogP contribution in [0, 0.1) is 0 Å². The van der Waals surface area contributed by atoms with Crippen molar-refractivity contribution < 1.29 is 36.3 Å². The Morgan fingerprint density at radius 1 is 1.11 bits per heavy atom. The van der Waals surface area contributed by atoms with Gasteiger partial charge in [0.15, 0.2) is 6.04 Å². The molecule has 12 heteroatoms. The maximum absolute atomic E-state index is 11.9. The van der Waals surface area contributed by atoms with Crippen molar-refractivity contribution in [2.24, 2.45) is 0 Å². The number of sulfonamides is 2. The number of ether oxygens (including phenoxy) is 1. The second kappa shape index (κ2) is 7.72. The lowest BCUT2D eigenvalue weighted by molar-refractivity contribution is -0.139. The third-order valence-corrected chi connectivity index (χ3v) is 6.18. The maximum Gasteiger partial charge on any atom is 0.408 e. The highest BCUT2D eigenvalue weighted by molar-refractivity contribution is 8.09. The summed E-state index contributed by atoms with van der Waals surface area (Å²) in [5, 5.41) is 11.6. The Labute approximate surface area is 158 Å². The highest BCUT2D eigenvalue weighted by Crippen LogP contribution is 2.25. The van der Waals surface area contributed by atoms with Crippen LogP contribution in [0.15, 0.2) is 24.3 Å². The Hall–Kier alpha value is -2.34. The molecule has 152 valence electrons. The topological polar surface area (TPSA) is 147 Å². The van der Waals surface area contributed by atoms with E-state index in [9.17, 15) is 31.5 Å². The Kier molecular flexibility index (Phi) is 6.49. The first kappa shape index (κ1) is 22.7. The predicted octanol–water partition coefficient (Wildman–Crippen LogP) is 1.06. The van der Waals surface area contributed by atoms with Gasteiger partial charge in [-0.3, -0.25) is 0 Å². The normalized spacial score (nSPS) is 13.5. The van der Waals surface area contributed by atoms with Crippen LogP contribution in [0.5, 0.6) is 0 Å². The van der Waals surface area contributed by atoms with Gasteiger partial charge in [0.1, 0.15) is 5.60 Å². The number of benzene rings is 1. The van der Waals surface area contributed by atoms with Crippen LogP contribution < -0.4 is 9.03 Å². The number of nitrogens with zero attached hydrogens (tertiary/aromatic N) is 1. The highest BCUT2D eigenvalue weighted by atomic mass is 32.3. The van der Waals surface area contributed by atoms with Gasteiger partial charge < -0.3 is 15.2 Å². The third-order valence-electron chi connectivity index (χ3n) is 2.92. The molecule has 1 aromatic carbocycles. The van der Waals surface area contributed by atoms with E-state index in [1.54, 1.807) is 20.8 Å². The van der Waals surface area contributed by atoms with Crippen LogP contribution in [0.25, 0.3) is 0 Å². The molecule has 27 heavy (non-hydrogen) atoms. The molecule has 2 N–H and O–H groups in total. The lowest BCUT2D eigenvalue weighted by atomic mass is 10.1. The zero-order valence-electron chi connectivity index (χ0n) is 15.5. The summed E-state index contributed by atoms with van der Waals surface area (Å²) in [6.45, 7) is 4.79. The summed E-state index contributed by atoms with van der Waals surface area (Å²) >= 11 is 0. The molecule has 0 aromatic heterocycles. The lowest BCUT2D eigenvalue weighted by Gasteiger charge is -2.23. The summed E-state index contributed by atoms with van der Waals surface area (Å²) in [7, 11) is -8.40. The smallest absolute Gasteiger partial charge is 0.408 e. The molecule has 0 saturated carbocycles. The summed E-state index contributed by atoms with van der Waals surface area (Å²) in [6, 6.07) is 3.25. The molecule has 0 saturated heterocycles. The quantitative estimate of drug-likeness (QED) is 0.692. The minimum absolute atomic E-state index is 0.0387. The van der Waals surface area contributed by atoms with Gasteiger partial charge >= 0.3 is 12.1 Å². The Bertz CT molecular complexity index is 901. The third kappa shape index (κ3) is 6.71. The number of carboxylic acids is 1. The number of nitrogens with one attached hydrogen (secondary N) is 1. The summed E-state index contributed by atoms with van der Waals surface area (Å²) in [5.74, 6) is -1.44. The molecule has 1 atom stereocenters. The van der Waals surface area contributed by atoms with Crippen molar-refractivity contribution in [1.82, 2.24) is 5.32 Å². The second-order valence-corrected chi connectivity index (χ2v) is 10.6. The van der Waals surface area contributed by atoms with Crippen molar-refractivity contribution in [3.8, 4) is 0 Å². The molecule has 10 nitrogen and oxygen atoms in total. The second-order valence-electron chi connectivity index (χ2n) is 6.74. The molecular formula is C15H22N2O8S2. The number of hydrogen-bond acceptors (Lipinski definition) is 7. The number of carboxylic acid groups (broad SMARTS) is 1. The van der Waals surface area contributed by atoms with Crippen LogP contribution in [0.2, 0.25) is 0 Å². The van der Waals surface area contributed by atoms with E-state index in [0.717, 1.165) is 6.07 Å². The molecule has 0 aliphatic rings. The van der Waals surface area contributed by atoms with Gasteiger partial charge in [-0.2, -0.15) is 3.71 Å². The number of rotatable bonds is 6. The van der Waals surface area contributed by atoms with Crippen molar-refractivity contribution >= 4 is 37.8 Å². The van der Waals surface area contributed by atoms with Crippen molar-refractivity contribution in [2.75, 3.05) is 16.2 Å². The molecule has 0 heterocycles. The maximum atomic E-state index is 11.9. The van der Waals surface area contributed by atoms with Gasteiger partial charge in [0.2, 0.25) is 20.0 Å². The molecule has 0 aliphatic carbocycles. The van der Waals surface area contributed by atoms with E-state index < -0.39 is 43.8 Å². The minimum Gasteiger partial charge on any atom is -0.479 e. The van der Waals surface area contributed by atoms with Crippen molar-refractivity contribution in [1.29, 1.82) is 0 Å².